The lowest BCUT2D eigenvalue weighted by Gasteiger charge is -2.41. The molecule has 1 saturated heterocycles. The van der Waals surface area contributed by atoms with Gasteiger partial charge in [0.05, 0.1) is 41.1 Å². The average molecular weight is 541 g/mol. The van der Waals surface area contributed by atoms with Crippen LogP contribution in [-0.4, -0.2) is 54.5 Å². The van der Waals surface area contributed by atoms with Gasteiger partial charge in [-0.25, -0.2) is 9.59 Å². The fourth-order valence-electron chi connectivity index (χ4n) is 5.02. The molecular weight excluding hydrogens is 513 g/mol. The summed E-state index contributed by atoms with van der Waals surface area (Å²) >= 11 is 0. The number of allylic oxidation sites excluding steroid dienone is 1. The molecule has 2 heterocycles. The van der Waals surface area contributed by atoms with Crippen molar-refractivity contribution in [2.45, 2.75) is 38.9 Å². The van der Waals surface area contributed by atoms with Crippen LogP contribution in [0.1, 0.15) is 59.8 Å². The molecule has 39 heavy (non-hydrogen) atoms. The molecule has 11 heteroatoms. The summed E-state index contributed by atoms with van der Waals surface area (Å²) in [6.07, 6.45) is -2.97. The molecule has 1 atom stereocenters. The van der Waals surface area contributed by atoms with Crippen molar-refractivity contribution in [2.75, 3.05) is 31.6 Å². The lowest BCUT2D eigenvalue weighted by atomic mass is 9.88. The lowest BCUT2D eigenvalue weighted by Crippen LogP contribution is -2.49. The normalized spacial score (nSPS) is 17.9. The fraction of sp³-hybridized carbons (Fsp3) is 0.357. The molecule has 0 saturated carbocycles. The number of likely N-dealkylation sites (N-methyl/N-ethyl adjacent to an activating group) is 1. The zero-order chi connectivity index (χ0) is 28.5. The Morgan fingerprint density at radius 1 is 1.13 bits per heavy atom. The highest BCUT2D eigenvalue weighted by molar-refractivity contribution is 6.04. The van der Waals surface area contributed by atoms with E-state index in [1.807, 2.05) is 6.07 Å². The van der Waals surface area contributed by atoms with Crippen molar-refractivity contribution in [3.05, 3.63) is 76.0 Å². The first-order valence-corrected chi connectivity index (χ1v) is 12.4. The maximum Gasteiger partial charge on any atom is 0.416 e. The molecule has 1 unspecified atom stereocenters. The van der Waals surface area contributed by atoms with Crippen molar-refractivity contribution in [1.82, 2.24) is 9.80 Å². The number of urea groups is 1. The molecular formula is C28H27F3N4O4. The van der Waals surface area contributed by atoms with Gasteiger partial charge in [-0.15, -0.1) is 0 Å². The number of nitrogens with zero attached hydrogens (tertiary/aromatic N) is 4. The molecule has 0 radical (unpaired) electrons. The summed E-state index contributed by atoms with van der Waals surface area (Å²) in [4.78, 5) is 44.5. The smallest absolute Gasteiger partial charge is 0.416 e. The van der Waals surface area contributed by atoms with Crippen LogP contribution in [0.2, 0.25) is 0 Å². The van der Waals surface area contributed by atoms with Crippen LogP contribution in [0.25, 0.3) is 0 Å². The number of carbonyl (C=O) groups excluding carboxylic acids is 3. The van der Waals surface area contributed by atoms with Crippen LogP contribution in [0.3, 0.4) is 0 Å². The van der Waals surface area contributed by atoms with Gasteiger partial charge in [-0.05, 0) is 62.6 Å². The lowest BCUT2D eigenvalue weighted by molar-refractivity contribution is -0.139. The van der Waals surface area contributed by atoms with E-state index in [0.717, 1.165) is 29.9 Å². The van der Waals surface area contributed by atoms with Gasteiger partial charge in [0, 0.05) is 31.4 Å². The van der Waals surface area contributed by atoms with Crippen molar-refractivity contribution in [3.63, 3.8) is 0 Å². The summed E-state index contributed by atoms with van der Waals surface area (Å²) in [5.74, 6) is -1.11. The number of carbonyl (C=O) groups is 3. The Morgan fingerprint density at radius 2 is 1.82 bits per heavy atom. The first-order valence-electron chi connectivity index (χ1n) is 12.4. The molecule has 8 nitrogen and oxygen atoms in total. The van der Waals surface area contributed by atoms with E-state index in [-0.39, 0.29) is 40.6 Å². The highest BCUT2D eigenvalue weighted by Gasteiger charge is 2.43. The minimum absolute atomic E-state index is 0.00320. The second-order valence-electron chi connectivity index (χ2n) is 9.31. The highest BCUT2D eigenvalue weighted by Crippen LogP contribution is 2.41. The summed E-state index contributed by atoms with van der Waals surface area (Å²) in [6, 6.07) is 8.94. The number of hydrogen-bond donors (Lipinski definition) is 0. The molecule has 0 spiro atoms. The Balaban J connectivity index is 1.92. The number of amides is 3. The third-order valence-corrected chi connectivity index (χ3v) is 6.91. The monoisotopic (exact) mass is 540 g/mol. The van der Waals surface area contributed by atoms with Gasteiger partial charge in [-0.1, -0.05) is 12.1 Å². The molecule has 2 aromatic carbocycles. The first kappa shape index (κ1) is 27.7. The number of benzene rings is 2. The first-order chi connectivity index (χ1) is 18.5. The van der Waals surface area contributed by atoms with E-state index >= 15 is 0 Å². The van der Waals surface area contributed by atoms with E-state index in [1.54, 1.807) is 11.8 Å². The van der Waals surface area contributed by atoms with Crippen LogP contribution in [-0.2, 0) is 15.7 Å². The van der Waals surface area contributed by atoms with Gasteiger partial charge in [0.2, 0.25) is 0 Å². The summed E-state index contributed by atoms with van der Waals surface area (Å²) in [6.45, 7) is 4.15. The highest BCUT2D eigenvalue weighted by atomic mass is 19.4. The van der Waals surface area contributed by atoms with Crippen molar-refractivity contribution in [1.29, 1.82) is 5.26 Å². The van der Waals surface area contributed by atoms with Crippen LogP contribution < -0.4 is 4.90 Å². The summed E-state index contributed by atoms with van der Waals surface area (Å²) in [7, 11) is 1.40. The maximum absolute atomic E-state index is 13.7. The summed E-state index contributed by atoms with van der Waals surface area (Å²) in [5, 5.41) is 9.49. The predicted molar refractivity (Wildman–Crippen MR) is 135 cm³/mol. The standard InChI is InChI=1S/C28H27F3N4O4/c1-4-39-26(37)23-17(2)35(20-9-7-8-19(15-20)28(29,30)31)27(38)33(3)24(23)21-11-10-18(16-32)14-22(21)25(36)34-12-5-6-13-34/h7-11,14-15,24H,4-6,12-13H2,1-3H3. The number of anilines is 1. The minimum Gasteiger partial charge on any atom is -0.463 e. The van der Waals surface area contributed by atoms with E-state index in [4.69, 9.17) is 4.74 Å². The fourth-order valence-corrected chi connectivity index (χ4v) is 5.02. The van der Waals surface area contributed by atoms with E-state index in [9.17, 15) is 32.8 Å². The topological polar surface area (TPSA) is 94.0 Å². The molecule has 204 valence electrons. The molecule has 2 aliphatic rings. The van der Waals surface area contributed by atoms with Crippen LogP contribution in [0, 0.1) is 11.3 Å². The molecule has 0 aromatic heterocycles. The van der Waals surface area contributed by atoms with Crippen LogP contribution in [0.4, 0.5) is 23.7 Å². The van der Waals surface area contributed by atoms with Crippen molar-refractivity contribution < 1.29 is 32.3 Å². The Labute approximate surface area is 223 Å². The molecule has 3 amide bonds. The third kappa shape index (κ3) is 5.19. The molecule has 0 bridgehead atoms. The summed E-state index contributed by atoms with van der Waals surface area (Å²) < 4.78 is 45.6. The Morgan fingerprint density at radius 3 is 2.44 bits per heavy atom. The third-order valence-electron chi connectivity index (χ3n) is 6.91. The van der Waals surface area contributed by atoms with Crippen LogP contribution in [0.15, 0.2) is 53.7 Å². The van der Waals surface area contributed by atoms with Crippen LogP contribution >= 0.6 is 0 Å². The number of halogens is 3. The van der Waals surface area contributed by atoms with Gasteiger partial charge >= 0.3 is 18.2 Å². The van der Waals surface area contributed by atoms with Crippen molar-refractivity contribution in [3.8, 4) is 6.07 Å². The number of nitriles is 1. The van der Waals surface area contributed by atoms with Crippen molar-refractivity contribution in [2.24, 2.45) is 0 Å². The van der Waals surface area contributed by atoms with Gasteiger partial charge < -0.3 is 14.5 Å². The second kappa shape index (κ2) is 10.8. The SMILES string of the molecule is CCOC(=O)C1=C(C)N(c2cccc(C(F)(F)F)c2)C(=O)N(C)C1c1ccc(C#N)cc1C(=O)N1CCCC1. The second-order valence-corrected chi connectivity index (χ2v) is 9.31. The molecule has 4 rings (SSSR count). The van der Waals surface area contributed by atoms with Gasteiger partial charge in [0.25, 0.3) is 5.91 Å². The number of rotatable bonds is 5. The molecule has 1 fully saturated rings. The van der Waals surface area contributed by atoms with E-state index in [2.05, 4.69) is 0 Å². The maximum atomic E-state index is 13.7. The van der Waals surface area contributed by atoms with Crippen molar-refractivity contribution >= 4 is 23.6 Å². The van der Waals surface area contributed by atoms with Gasteiger partial charge in [-0.2, -0.15) is 18.4 Å². The predicted octanol–water partition coefficient (Wildman–Crippen LogP) is 5.26. The quantitative estimate of drug-likeness (QED) is 0.482. The number of ether oxygens (including phenoxy) is 1. The zero-order valence-electron chi connectivity index (χ0n) is 21.7. The minimum atomic E-state index is -4.64. The number of likely N-dealkylation sites (tertiary alicyclic amines) is 1. The van der Waals surface area contributed by atoms with E-state index < -0.39 is 29.8 Å². The van der Waals surface area contributed by atoms with E-state index in [1.165, 1.54) is 49.2 Å². The molecule has 0 N–H and O–H groups in total. The van der Waals surface area contributed by atoms with Gasteiger partial charge in [0.1, 0.15) is 0 Å². The Bertz CT molecular complexity index is 1390. The van der Waals surface area contributed by atoms with E-state index in [0.29, 0.717) is 18.7 Å². The van der Waals surface area contributed by atoms with Crippen LogP contribution in [0.5, 0.6) is 0 Å². The van der Waals surface area contributed by atoms with Gasteiger partial charge in [0.15, 0.2) is 0 Å². The summed E-state index contributed by atoms with van der Waals surface area (Å²) in [5.41, 5.74) is -0.242. The Hall–Kier alpha value is -4.33. The molecule has 0 aliphatic carbocycles. The molecule has 2 aliphatic heterocycles. The number of alkyl halides is 3. The number of esters is 1. The van der Waals surface area contributed by atoms with Gasteiger partial charge in [-0.3, -0.25) is 9.69 Å². The Kier molecular flexibility index (Phi) is 7.67. The number of hydrogen-bond acceptors (Lipinski definition) is 5. The largest absolute Gasteiger partial charge is 0.463 e. The zero-order valence-corrected chi connectivity index (χ0v) is 21.7. The average Bonchev–Trinajstić information content (AvgIpc) is 3.45. The molecule has 2 aromatic rings.